The Morgan fingerprint density at radius 1 is 0.444 bits per heavy atom. The van der Waals surface area contributed by atoms with Crippen molar-refractivity contribution in [1.29, 1.82) is 0 Å². The van der Waals surface area contributed by atoms with Gasteiger partial charge < -0.3 is 27.3 Å². The maximum atomic E-state index is 8.52. The summed E-state index contributed by atoms with van der Waals surface area (Å²) in [4.78, 5) is 0. The van der Waals surface area contributed by atoms with Crippen molar-refractivity contribution in [2.45, 2.75) is 0 Å². The average molecular weight is 362 g/mol. The monoisotopic (exact) mass is 362 g/mol. The zero-order valence-corrected chi connectivity index (χ0v) is 12.4. The van der Waals surface area contributed by atoms with Crippen molar-refractivity contribution < 1.29 is 57.3 Å². The summed E-state index contributed by atoms with van der Waals surface area (Å²) in [5, 5.41) is 0. The molecule has 0 bridgehead atoms. The first-order valence-corrected chi connectivity index (χ1v) is 6.00. The number of halogens is 1. The maximum absolute atomic E-state index is 8.52. The van der Waals surface area contributed by atoms with Crippen LogP contribution in [0.1, 0.15) is 0 Å². The Morgan fingerprint density at radius 3 is 0.444 bits per heavy atom. The van der Waals surface area contributed by atoms with Gasteiger partial charge in [-0.3, -0.25) is 30.0 Å². The van der Waals surface area contributed by atoms with E-state index in [1.165, 1.54) is 0 Å². The second kappa shape index (κ2) is 14.0. The van der Waals surface area contributed by atoms with Gasteiger partial charge in [0.15, 0.2) is 0 Å². The van der Waals surface area contributed by atoms with Crippen molar-refractivity contribution >= 4 is 65.9 Å². The summed E-state index contributed by atoms with van der Waals surface area (Å²) in [7, 11) is -15.5. The predicted molar refractivity (Wildman–Crippen MR) is 45.4 cm³/mol. The van der Waals surface area contributed by atoms with Crippen LogP contribution in [0.5, 0.6) is 0 Å². The minimum Gasteiger partial charge on any atom is -0.759 e. The molecule has 0 unspecified atom stereocenters. The first-order valence-electron chi connectivity index (χ1n) is 2.00. The molecule has 0 aromatic rings. The first kappa shape index (κ1) is 36.3. The first-order chi connectivity index (χ1) is 6.00. The molecule has 0 amide bonds. The normalized spacial score (nSPS) is 9.67. The van der Waals surface area contributed by atoms with E-state index < -0.39 is 31.2 Å². The van der Waals surface area contributed by atoms with Crippen LogP contribution in [0.15, 0.2) is 0 Å². The molecular formula is HAl2FO12S3. The fourth-order valence-electron chi connectivity index (χ4n) is 0. The van der Waals surface area contributed by atoms with E-state index in [1.54, 1.807) is 0 Å². The molecule has 0 aliphatic heterocycles. The van der Waals surface area contributed by atoms with Crippen LogP contribution in [-0.4, -0.2) is 87.3 Å². The smallest absolute Gasteiger partial charge is 0.759 e. The van der Waals surface area contributed by atoms with E-state index in [0.29, 0.717) is 0 Å². The Hall–Kier alpha value is 0.605. The zero-order chi connectivity index (χ0) is 13.5. The van der Waals surface area contributed by atoms with Gasteiger partial charge in [0.1, 0.15) is 0 Å². The van der Waals surface area contributed by atoms with Crippen LogP contribution in [0, 0.1) is 0 Å². The minimum absolute atomic E-state index is 0. The Labute approximate surface area is 123 Å². The molecule has 18 heteroatoms. The molecule has 0 radical (unpaired) electrons. The number of hydrogen-bond acceptors (Lipinski definition) is 12. The van der Waals surface area contributed by atoms with Gasteiger partial charge in [-0.25, -0.2) is 0 Å². The van der Waals surface area contributed by atoms with Crippen LogP contribution in [-0.2, 0) is 31.2 Å². The van der Waals surface area contributed by atoms with Gasteiger partial charge in [0.25, 0.3) is 0 Å². The van der Waals surface area contributed by atoms with E-state index in [-0.39, 0.29) is 39.4 Å². The average Bonchev–Trinajstić information content (AvgIpc) is 1.41. The van der Waals surface area contributed by atoms with Crippen molar-refractivity contribution in [2.24, 2.45) is 0 Å². The number of hydrogen-bond donors (Lipinski definition) is 0. The summed E-state index contributed by atoms with van der Waals surface area (Å²) in [6.07, 6.45) is 0. The Balaban J connectivity index is -0.0000000277. The second-order valence-corrected chi connectivity index (χ2v) is 3.67. The van der Waals surface area contributed by atoms with E-state index in [9.17, 15) is 0 Å². The zero-order valence-electron chi connectivity index (χ0n) is 7.69. The fraction of sp³-hybridized carbons (Fsp3) is 0. The topological polar surface area (TPSA) is 241 Å². The van der Waals surface area contributed by atoms with Crippen LogP contribution in [0.4, 0.5) is 4.70 Å². The third-order valence-electron chi connectivity index (χ3n) is 0. The van der Waals surface area contributed by atoms with Crippen LogP contribution < -0.4 is 0 Å². The van der Waals surface area contributed by atoms with Gasteiger partial charge in [-0.1, -0.05) is 0 Å². The molecule has 0 N–H and O–H groups in total. The molecule has 0 heterocycles. The molecule has 0 atom stereocenters. The van der Waals surface area contributed by atoms with E-state index in [2.05, 4.69) is 0 Å². The molecule has 0 aromatic heterocycles. The SMILES string of the molecule is F.O=S(=O)([O-])[O-].O=S(=O)([O-])[O-].O=S(=O)([O-])[O-].[Al+3].[Al+3]. The quantitative estimate of drug-likeness (QED) is 0.224. The molecule has 0 aliphatic carbocycles. The van der Waals surface area contributed by atoms with Gasteiger partial charge in [-0.15, -0.1) is 0 Å². The predicted octanol–water partition coefficient (Wildman–Crippen LogP) is -4.62. The summed E-state index contributed by atoms with van der Waals surface area (Å²) in [6.45, 7) is 0. The molecule has 0 saturated carbocycles. The number of rotatable bonds is 0. The van der Waals surface area contributed by atoms with E-state index in [4.69, 9.17) is 52.6 Å². The van der Waals surface area contributed by atoms with Gasteiger partial charge in [0.05, 0.1) is 0 Å². The van der Waals surface area contributed by atoms with Crippen molar-refractivity contribution in [3.63, 3.8) is 0 Å². The standard InChI is InChI=1S/2Al.FH.3H2O4S/c;;;3*1-5(2,3)4/h;;1H;3*(H2,1,2,3,4)/q2*+3;;;;/p-6. The second-order valence-electron chi connectivity index (χ2n) is 1.22. The van der Waals surface area contributed by atoms with Crippen molar-refractivity contribution in [2.75, 3.05) is 0 Å². The maximum Gasteiger partial charge on any atom is 3.00 e. The molecule has 104 valence electrons. The summed E-state index contributed by atoms with van der Waals surface area (Å²) < 4.78 is 102. The third-order valence-corrected chi connectivity index (χ3v) is 0. The molecule has 0 aliphatic rings. The van der Waals surface area contributed by atoms with Crippen molar-refractivity contribution in [3.8, 4) is 0 Å². The van der Waals surface area contributed by atoms with Crippen LogP contribution >= 0.6 is 0 Å². The van der Waals surface area contributed by atoms with E-state index in [0.717, 1.165) is 0 Å². The van der Waals surface area contributed by atoms with E-state index >= 15 is 0 Å². The minimum atomic E-state index is -5.17. The summed E-state index contributed by atoms with van der Waals surface area (Å²) in [6, 6.07) is 0. The third kappa shape index (κ3) is 11000. The molecule has 0 saturated heterocycles. The Kier molecular flexibility index (Phi) is 28.3. The van der Waals surface area contributed by atoms with Gasteiger partial charge in [-0.05, 0) is 0 Å². The molecule has 0 spiro atoms. The van der Waals surface area contributed by atoms with E-state index in [1.807, 2.05) is 0 Å². The molecular weight excluding hydrogens is 361 g/mol. The largest absolute Gasteiger partial charge is 3.00 e. The van der Waals surface area contributed by atoms with Crippen molar-refractivity contribution in [3.05, 3.63) is 0 Å². The summed E-state index contributed by atoms with van der Waals surface area (Å²) in [5.74, 6) is 0. The molecule has 0 aromatic carbocycles. The molecule has 0 rings (SSSR count). The van der Waals surface area contributed by atoms with Crippen LogP contribution in [0.25, 0.3) is 0 Å². The van der Waals surface area contributed by atoms with Crippen LogP contribution in [0.2, 0.25) is 0 Å². The summed E-state index contributed by atoms with van der Waals surface area (Å²) >= 11 is 0. The van der Waals surface area contributed by atoms with Crippen LogP contribution in [0.3, 0.4) is 0 Å². The van der Waals surface area contributed by atoms with Gasteiger partial charge >= 0.3 is 34.7 Å². The Morgan fingerprint density at radius 2 is 0.444 bits per heavy atom. The van der Waals surface area contributed by atoms with Crippen molar-refractivity contribution in [1.82, 2.24) is 0 Å². The molecule has 18 heavy (non-hydrogen) atoms. The van der Waals surface area contributed by atoms with Gasteiger partial charge in [-0.2, -0.15) is 0 Å². The fourth-order valence-corrected chi connectivity index (χ4v) is 0. The molecule has 0 fully saturated rings. The molecule has 12 nitrogen and oxygen atoms in total. The Bertz CT molecular complexity index is 346. The van der Waals surface area contributed by atoms with Gasteiger partial charge in [0.2, 0.25) is 0 Å². The summed E-state index contributed by atoms with van der Waals surface area (Å²) in [5.41, 5.74) is 0. The van der Waals surface area contributed by atoms with Gasteiger partial charge in [0, 0.05) is 31.2 Å².